The van der Waals surface area contributed by atoms with Crippen LogP contribution in [0.15, 0.2) is 4.99 Å². The molecule has 1 aliphatic heterocycles. The highest BCUT2D eigenvalue weighted by Crippen LogP contribution is 2.31. The van der Waals surface area contributed by atoms with Gasteiger partial charge in [0.25, 0.3) is 0 Å². The van der Waals surface area contributed by atoms with Crippen molar-refractivity contribution in [2.75, 3.05) is 33.2 Å². The topological polar surface area (TPSA) is 39.7 Å². The SMILES string of the molecule is CN=C(NCCCC1CCCC1)NCC1CCN(C2CC2)C1.I. The Kier molecular flexibility index (Phi) is 8.44. The lowest BCUT2D eigenvalue weighted by Crippen LogP contribution is -2.40. The predicted octanol–water partition coefficient (Wildman–Crippen LogP) is 3.22. The van der Waals surface area contributed by atoms with Gasteiger partial charge in [-0.25, -0.2) is 0 Å². The summed E-state index contributed by atoms with van der Waals surface area (Å²) in [4.78, 5) is 7.05. The van der Waals surface area contributed by atoms with Gasteiger partial charge in [0.05, 0.1) is 0 Å². The van der Waals surface area contributed by atoms with Crippen molar-refractivity contribution in [3.63, 3.8) is 0 Å². The van der Waals surface area contributed by atoms with Gasteiger partial charge in [-0.15, -0.1) is 24.0 Å². The Morgan fingerprint density at radius 3 is 2.52 bits per heavy atom. The molecule has 0 spiro atoms. The van der Waals surface area contributed by atoms with Crippen LogP contribution >= 0.6 is 24.0 Å². The fraction of sp³-hybridized carbons (Fsp3) is 0.944. The zero-order valence-electron chi connectivity index (χ0n) is 14.7. The molecule has 0 radical (unpaired) electrons. The molecule has 134 valence electrons. The quantitative estimate of drug-likeness (QED) is 0.280. The summed E-state index contributed by atoms with van der Waals surface area (Å²) in [5.41, 5.74) is 0. The largest absolute Gasteiger partial charge is 0.356 e. The molecule has 1 saturated heterocycles. The Hall–Kier alpha value is -0.0400. The van der Waals surface area contributed by atoms with Crippen LogP contribution in [0, 0.1) is 11.8 Å². The van der Waals surface area contributed by atoms with Gasteiger partial charge in [-0.05, 0) is 50.5 Å². The molecule has 0 aromatic rings. The van der Waals surface area contributed by atoms with Crippen molar-refractivity contribution in [2.45, 2.75) is 63.8 Å². The lowest BCUT2D eigenvalue weighted by Gasteiger charge is -2.17. The molecule has 4 nitrogen and oxygen atoms in total. The second kappa shape index (κ2) is 10.1. The van der Waals surface area contributed by atoms with E-state index in [1.807, 2.05) is 7.05 Å². The van der Waals surface area contributed by atoms with Gasteiger partial charge in [-0.3, -0.25) is 4.99 Å². The molecule has 0 amide bonds. The third-order valence-electron chi connectivity index (χ3n) is 5.72. The first-order chi connectivity index (χ1) is 10.8. The summed E-state index contributed by atoms with van der Waals surface area (Å²) < 4.78 is 0. The van der Waals surface area contributed by atoms with E-state index in [-0.39, 0.29) is 24.0 Å². The van der Waals surface area contributed by atoms with Gasteiger partial charge in [-0.1, -0.05) is 25.7 Å². The van der Waals surface area contributed by atoms with Crippen LogP contribution in [-0.4, -0.2) is 50.1 Å². The average Bonchev–Trinajstić information content (AvgIpc) is 3.06. The van der Waals surface area contributed by atoms with Crippen LogP contribution in [0.5, 0.6) is 0 Å². The van der Waals surface area contributed by atoms with Crippen molar-refractivity contribution in [1.82, 2.24) is 15.5 Å². The molecule has 1 unspecified atom stereocenters. The molecule has 3 fully saturated rings. The van der Waals surface area contributed by atoms with Crippen LogP contribution in [0.2, 0.25) is 0 Å². The standard InChI is InChI=1S/C18H34N4.HI/c1-19-18(20-11-4-7-15-5-2-3-6-15)21-13-16-10-12-22(14-16)17-8-9-17;/h15-17H,2-14H2,1H3,(H2,19,20,21);1H. The summed E-state index contributed by atoms with van der Waals surface area (Å²) in [5, 5.41) is 7.02. The van der Waals surface area contributed by atoms with Crippen molar-refractivity contribution in [1.29, 1.82) is 0 Å². The second-order valence-corrected chi connectivity index (χ2v) is 7.55. The summed E-state index contributed by atoms with van der Waals surface area (Å²) in [6.07, 6.45) is 12.7. The number of nitrogens with zero attached hydrogens (tertiary/aromatic N) is 2. The smallest absolute Gasteiger partial charge is 0.190 e. The molecule has 2 saturated carbocycles. The number of rotatable bonds is 7. The molecule has 3 aliphatic rings. The van der Waals surface area contributed by atoms with E-state index in [1.54, 1.807) is 0 Å². The van der Waals surface area contributed by atoms with Crippen molar-refractivity contribution >= 4 is 29.9 Å². The third kappa shape index (κ3) is 6.40. The maximum absolute atomic E-state index is 4.37. The van der Waals surface area contributed by atoms with Crippen molar-refractivity contribution in [2.24, 2.45) is 16.8 Å². The number of hydrogen-bond acceptors (Lipinski definition) is 2. The Morgan fingerprint density at radius 1 is 1.04 bits per heavy atom. The number of hydrogen-bond donors (Lipinski definition) is 2. The lowest BCUT2D eigenvalue weighted by molar-refractivity contribution is 0.314. The molecule has 1 atom stereocenters. The van der Waals surface area contributed by atoms with E-state index in [0.29, 0.717) is 0 Å². The van der Waals surface area contributed by atoms with Crippen molar-refractivity contribution in [3.8, 4) is 0 Å². The number of nitrogens with one attached hydrogen (secondary N) is 2. The first kappa shape index (κ1) is 19.3. The molecular weight excluding hydrogens is 399 g/mol. The summed E-state index contributed by atoms with van der Waals surface area (Å²) >= 11 is 0. The van der Waals surface area contributed by atoms with Crippen LogP contribution in [0.25, 0.3) is 0 Å². The highest BCUT2D eigenvalue weighted by molar-refractivity contribution is 14.0. The van der Waals surface area contributed by atoms with E-state index in [4.69, 9.17) is 0 Å². The average molecular weight is 434 g/mol. The molecule has 2 N–H and O–H groups in total. The summed E-state index contributed by atoms with van der Waals surface area (Å²) in [7, 11) is 1.89. The highest BCUT2D eigenvalue weighted by Gasteiger charge is 2.34. The molecule has 1 heterocycles. The maximum Gasteiger partial charge on any atom is 0.190 e. The number of halogens is 1. The van der Waals surface area contributed by atoms with Gasteiger partial charge in [-0.2, -0.15) is 0 Å². The van der Waals surface area contributed by atoms with E-state index in [9.17, 15) is 0 Å². The second-order valence-electron chi connectivity index (χ2n) is 7.55. The normalized spacial score (nSPS) is 26.3. The van der Waals surface area contributed by atoms with Gasteiger partial charge < -0.3 is 15.5 Å². The van der Waals surface area contributed by atoms with Gasteiger partial charge in [0.1, 0.15) is 0 Å². The van der Waals surface area contributed by atoms with Gasteiger partial charge in [0, 0.05) is 32.7 Å². The van der Waals surface area contributed by atoms with Gasteiger partial charge in [0.2, 0.25) is 0 Å². The van der Waals surface area contributed by atoms with Crippen LogP contribution in [0.4, 0.5) is 0 Å². The minimum Gasteiger partial charge on any atom is -0.356 e. The van der Waals surface area contributed by atoms with E-state index >= 15 is 0 Å². The molecule has 3 rings (SSSR count). The van der Waals surface area contributed by atoms with Crippen LogP contribution in [0.1, 0.15) is 57.8 Å². The first-order valence-electron chi connectivity index (χ1n) is 9.53. The Balaban J connectivity index is 0.00000192. The summed E-state index contributed by atoms with van der Waals surface area (Å²) in [6.45, 7) is 4.74. The number of aliphatic imine (C=N–C) groups is 1. The van der Waals surface area contributed by atoms with Gasteiger partial charge in [0.15, 0.2) is 5.96 Å². The third-order valence-corrected chi connectivity index (χ3v) is 5.72. The molecule has 0 aromatic carbocycles. The van der Waals surface area contributed by atoms with Crippen LogP contribution in [-0.2, 0) is 0 Å². The van der Waals surface area contributed by atoms with E-state index in [0.717, 1.165) is 36.9 Å². The molecule has 2 aliphatic carbocycles. The first-order valence-corrected chi connectivity index (χ1v) is 9.53. The maximum atomic E-state index is 4.37. The highest BCUT2D eigenvalue weighted by atomic mass is 127. The predicted molar refractivity (Wildman–Crippen MR) is 109 cm³/mol. The minimum atomic E-state index is 0. The van der Waals surface area contributed by atoms with E-state index in [2.05, 4.69) is 20.5 Å². The summed E-state index contributed by atoms with van der Waals surface area (Å²) in [6, 6.07) is 0.929. The fourth-order valence-corrected chi connectivity index (χ4v) is 4.16. The molecular formula is C18H35IN4. The van der Waals surface area contributed by atoms with Crippen LogP contribution < -0.4 is 10.6 Å². The molecule has 0 bridgehead atoms. The van der Waals surface area contributed by atoms with E-state index < -0.39 is 0 Å². The molecule has 5 heteroatoms. The monoisotopic (exact) mass is 434 g/mol. The van der Waals surface area contributed by atoms with Crippen LogP contribution in [0.3, 0.4) is 0 Å². The van der Waals surface area contributed by atoms with E-state index in [1.165, 1.54) is 70.9 Å². The lowest BCUT2D eigenvalue weighted by atomic mass is 10.0. The van der Waals surface area contributed by atoms with Crippen molar-refractivity contribution < 1.29 is 0 Å². The van der Waals surface area contributed by atoms with Gasteiger partial charge >= 0.3 is 0 Å². The van der Waals surface area contributed by atoms with Crippen molar-refractivity contribution in [3.05, 3.63) is 0 Å². The summed E-state index contributed by atoms with van der Waals surface area (Å²) in [5.74, 6) is 2.80. The Labute approximate surface area is 159 Å². The Morgan fingerprint density at radius 2 is 1.83 bits per heavy atom. The zero-order chi connectivity index (χ0) is 15.2. The molecule has 23 heavy (non-hydrogen) atoms. The molecule has 0 aromatic heterocycles. The Bertz CT molecular complexity index is 364. The zero-order valence-corrected chi connectivity index (χ0v) is 17.1. The fourth-order valence-electron chi connectivity index (χ4n) is 4.16. The number of likely N-dealkylation sites (tertiary alicyclic amines) is 1. The number of guanidine groups is 1. The minimum absolute atomic E-state index is 0.